The van der Waals surface area contributed by atoms with Crippen LogP contribution in [0.4, 0.5) is 4.39 Å². The van der Waals surface area contributed by atoms with Crippen molar-refractivity contribution in [2.24, 2.45) is 0 Å². The average molecular weight is 438 g/mol. The number of methoxy groups -OCH3 is 1. The van der Waals surface area contributed by atoms with Crippen LogP contribution in [0.1, 0.15) is 11.1 Å². The molecule has 0 unspecified atom stereocenters. The lowest BCUT2D eigenvalue weighted by molar-refractivity contribution is -0.122. The van der Waals surface area contributed by atoms with Gasteiger partial charge in [0.05, 0.1) is 23.1 Å². The highest BCUT2D eigenvalue weighted by molar-refractivity contribution is 8.26. The smallest absolute Gasteiger partial charge is 0.266 e. The number of thioether (sulfide) groups is 1. The maximum atomic E-state index is 13.0. The van der Waals surface area contributed by atoms with Crippen molar-refractivity contribution < 1.29 is 18.7 Å². The van der Waals surface area contributed by atoms with E-state index in [4.69, 9.17) is 33.3 Å². The molecule has 2 aromatic carbocycles. The van der Waals surface area contributed by atoms with Crippen molar-refractivity contribution in [2.45, 2.75) is 6.61 Å². The lowest BCUT2D eigenvalue weighted by Gasteiger charge is -2.13. The van der Waals surface area contributed by atoms with Crippen LogP contribution < -0.4 is 4.74 Å². The van der Waals surface area contributed by atoms with Gasteiger partial charge < -0.3 is 9.47 Å². The van der Waals surface area contributed by atoms with Crippen LogP contribution in [0.5, 0.6) is 5.75 Å². The van der Waals surface area contributed by atoms with Gasteiger partial charge in [-0.3, -0.25) is 9.69 Å². The van der Waals surface area contributed by atoms with Gasteiger partial charge in [0.1, 0.15) is 22.5 Å². The van der Waals surface area contributed by atoms with Gasteiger partial charge in [-0.15, -0.1) is 0 Å². The molecule has 3 rings (SSSR count). The molecule has 1 saturated heterocycles. The van der Waals surface area contributed by atoms with Gasteiger partial charge in [-0.05, 0) is 41.5 Å². The molecule has 1 fully saturated rings. The molecule has 0 spiro atoms. The van der Waals surface area contributed by atoms with Gasteiger partial charge in [0.2, 0.25) is 0 Å². The Morgan fingerprint density at radius 2 is 2.00 bits per heavy atom. The predicted octanol–water partition coefficient (Wildman–Crippen LogP) is 4.91. The minimum atomic E-state index is -0.293. The minimum Gasteiger partial charge on any atom is -0.487 e. The van der Waals surface area contributed by atoms with Crippen LogP contribution in [0.3, 0.4) is 0 Å². The molecule has 1 aliphatic heterocycles. The normalized spacial score (nSPS) is 15.5. The third kappa shape index (κ3) is 5.11. The molecule has 8 heteroatoms. The van der Waals surface area contributed by atoms with Gasteiger partial charge in [0.15, 0.2) is 0 Å². The second kappa shape index (κ2) is 9.52. The number of benzene rings is 2. The largest absolute Gasteiger partial charge is 0.487 e. The van der Waals surface area contributed by atoms with E-state index in [0.29, 0.717) is 33.1 Å². The Bertz CT molecular complexity index is 918. The van der Waals surface area contributed by atoms with E-state index < -0.39 is 0 Å². The van der Waals surface area contributed by atoms with Crippen molar-refractivity contribution in [1.29, 1.82) is 0 Å². The first-order valence-electron chi connectivity index (χ1n) is 8.39. The molecule has 0 bridgehead atoms. The van der Waals surface area contributed by atoms with Gasteiger partial charge in [0, 0.05) is 7.11 Å². The number of hydrogen-bond donors (Lipinski definition) is 0. The molecule has 1 amide bonds. The van der Waals surface area contributed by atoms with E-state index in [2.05, 4.69) is 0 Å². The lowest BCUT2D eigenvalue weighted by atomic mass is 10.2. The standard InChI is InChI=1S/C20H17ClFNO3S2/c1-25-9-8-23-19(24)18(28-20(23)27)11-14-4-7-17(16(21)10-14)26-12-13-2-5-15(22)6-3-13/h2-7,10-11H,8-9,12H2,1H3. The quantitative estimate of drug-likeness (QED) is 0.454. The SMILES string of the molecule is COCCN1C(=O)C(=Cc2ccc(OCc3ccc(F)cc3)c(Cl)c2)SC1=S. The lowest BCUT2D eigenvalue weighted by Crippen LogP contribution is -2.31. The van der Waals surface area contributed by atoms with E-state index in [0.717, 1.165) is 11.1 Å². The molecule has 1 aliphatic rings. The summed E-state index contributed by atoms with van der Waals surface area (Å²) in [7, 11) is 1.58. The number of carbonyl (C=O) groups excluding carboxylic acids is 1. The van der Waals surface area contributed by atoms with Crippen molar-refractivity contribution in [3.05, 3.63) is 69.3 Å². The Kier molecular flexibility index (Phi) is 7.07. The fourth-order valence-electron chi connectivity index (χ4n) is 2.49. The molecule has 0 aliphatic carbocycles. The maximum Gasteiger partial charge on any atom is 0.266 e. The Labute approximate surface area is 177 Å². The van der Waals surface area contributed by atoms with E-state index in [1.165, 1.54) is 28.8 Å². The summed E-state index contributed by atoms with van der Waals surface area (Å²) in [6.45, 7) is 1.12. The van der Waals surface area contributed by atoms with Crippen LogP contribution in [-0.2, 0) is 16.1 Å². The number of halogens is 2. The summed E-state index contributed by atoms with van der Waals surface area (Å²) in [4.78, 5) is 14.5. The van der Waals surface area contributed by atoms with E-state index in [1.807, 2.05) is 6.07 Å². The van der Waals surface area contributed by atoms with Gasteiger partial charge in [-0.2, -0.15) is 0 Å². The number of rotatable bonds is 7. The van der Waals surface area contributed by atoms with Gasteiger partial charge in [0.25, 0.3) is 5.91 Å². The second-order valence-corrected chi connectivity index (χ2v) is 8.01. The summed E-state index contributed by atoms with van der Waals surface area (Å²) in [5.74, 6) is 0.0781. The van der Waals surface area contributed by atoms with Gasteiger partial charge in [-0.25, -0.2) is 4.39 Å². The van der Waals surface area contributed by atoms with Crippen LogP contribution in [0.2, 0.25) is 5.02 Å². The Morgan fingerprint density at radius 3 is 2.68 bits per heavy atom. The van der Waals surface area contributed by atoms with Crippen molar-refractivity contribution in [3.8, 4) is 5.75 Å². The molecule has 0 saturated carbocycles. The number of carbonyl (C=O) groups is 1. The fraction of sp³-hybridized carbons (Fsp3) is 0.200. The molecule has 146 valence electrons. The maximum absolute atomic E-state index is 13.0. The summed E-state index contributed by atoms with van der Waals surface area (Å²) < 4.78 is 24.2. The molecule has 2 aromatic rings. The molecule has 0 N–H and O–H groups in total. The van der Waals surface area contributed by atoms with E-state index in [-0.39, 0.29) is 18.3 Å². The van der Waals surface area contributed by atoms with Gasteiger partial charge >= 0.3 is 0 Å². The van der Waals surface area contributed by atoms with Crippen LogP contribution >= 0.6 is 35.6 Å². The Balaban J connectivity index is 1.68. The fourth-order valence-corrected chi connectivity index (χ4v) is 4.04. The number of nitrogens with zero attached hydrogens (tertiary/aromatic N) is 1. The number of ether oxygens (including phenoxy) is 2. The molecular weight excluding hydrogens is 421 g/mol. The van der Waals surface area contributed by atoms with Crippen LogP contribution in [0.25, 0.3) is 6.08 Å². The molecule has 28 heavy (non-hydrogen) atoms. The number of hydrogen-bond acceptors (Lipinski definition) is 5. The van der Waals surface area contributed by atoms with E-state index in [1.54, 1.807) is 37.5 Å². The summed E-state index contributed by atoms with van der Waals surface area (Å²) in [6, 6.07) is 11.4. The molecule has 4 nitrogen and oxygen atoms in total. The highest BCUT2D eigenvalue weighted by atomic mass is 35.5. The van der Waals surface area contributed by atoms with Crippen molar-refractivity contribution >= 4 is 51.9 Å². The van der Waals surface area contributed by atoms with E-state index in [9.17, 15) is 9.18 Å². The third-order valence-corrected chi connectivity index (χ3v) is 5.63. The highest BCUT2D eigenvalue weighted by Crippen LogP contribution is 2.34. The van der Waals surface area contributed by atoms with Crippen molar-refractivity contribution in [3.63, 3.8) is 0 Å². The predicted molar refractivity (Wildman–Crippen MR) is 114 cm³/mol. The number of thiocarbonyl (C=S) groups is 1. The highest BCUT2D eigenvalue weighted by Gasteiger charge is 2.31. The zero-order chi connectivity index (χ0) is 20.1. The summed E-state index contributed by atoms with van der Waals surface area (Å²) >= 11 is 12.8. The summed E-state index contributed by atoms with van der Waals surface area (Å²) in [5, 5.41) is 0.422. The zero-order valence-corrected chi connectivity index (χ0v) is 17.4. The van der Waals surface area contributed by atoms with Gasteiger partial charge in [-0.1, -0.05) is 53.8 Å². The topological polar surface area (TPSA) is 38.8 Å². The first-order chi connectivity index (χ1) is 13.5. The molecule has 0 radical (unpaired) electrons. The van der Waals surface area contributed by atoms with Crippen LogP contribution in [0, 0.1) is 5.82 Å². The molecule has 0 aromatic heterocycles. The molecular formula is C20H17ClFNO3S2. The average Bonchev–Trinajstić information content (AvgIpc) is 2.94. The van der Waals surface area contributed by atoms with Crippen LogP contribution in [-0.4, -0.2) is 35.4 Å². The molecule has 0 atom stereocenters. The number of amides is 1. The third-order valence-electron chi connectivity index (χ3n) is 3.95. The molecule has 1 heterocycles. The summed E-state index contributed by atoms with van der Waals surface area (Å²) in [6.07, 6.45) is 1.75. The minimum absolute atomic E-state index is 0.139. The second-order valence-electron chi connectivity index (χ2n) is 5.93. The Hall–Kier alpha value is -1.93. The summed E-state index contributed by atoms with van der Waals surface area (Å²) in [5.41, 5.74) is 1.60. The van der Waals surface area contributed by atoms with Crippen molar-refractivity contribution in [2.75, 3.05) is 20.3 Å². The Morgan fingerprint density at radius 1 is 1.25 bits per heavy atom. The van der Waals surface area contributed by atoms with Crippen molar-refractivity contribution in [1.82, 2.24) is 4.90 Å². The van der Waals surface area contributed by atoms with Crippen LogP contribution in [0.15, 0.2) is 47.4 Å². The first kappa shape index (κ1) is 20.8. The first-order valence-corrected chi connectivity index (χ1v) is 9.99. The monoisotopic (exact) mass is 437 g/mol. The van der Waals surface area contributed by atoms with E-state index >= 15 is 0 Å². The zero-order valence-electron chi connectivity index (χ0n) is 15.0.